The van der Waals surface area contributed by atoms with Gasteiger partial charge in [0.1, 0.15) is 17.1 Å². The SMILES string of the molecule is CCOC(=O)c1cc(NC(=O)Nc2ccc(Cl)c(Cl)c2)ccc1Oc1cncc(Cl)c1. The average molecular weight is 481 g/mol. The molecule has 31 heavy (non-hydrogen) atoms. The average Bonchev–Trinajstić information content (AvgIpc) is 2.72. The molecule has 2 aromatic carbocycles. The van der Waals surface area contributed by atoms with Gasteiger partial charge in [-0.05, 0) is 43.3 Å². The van der Waals surface area contributed by atoms with Crippen molar-refractivity contribution >= 4 is 58.2 Å². The van der Waals surface area contributed by atoms with Crippen molar-refractivity contribution in [2.24, 2.45) is 0 Å². The van der Waals surface area contributed by atoms with E-state index in [9.17, 15) is 9.59 Å². The zero-order valence-electron chi connectivity index (χ0n) is 16.1. The van der Waals surface area contributed by atoms with E-state index in [1.54, 1.807) is 31.2 Å². The lowest BCUT2D eigenvalue weighted by Crippen LogP contribution is -2.19. The second kappa shape index (κ2) is 10.3. The van der Waals surface area contributed by atoms with Gasteiger partial charge in [-0.1, -0.05) is 34.8 Å². The first kappa shape index (κ1) is 22.7. The second-order valence-electron chi connectivity index (χ2n) is 6.08. The van der Waals surface area contributed by atoms with Crippen LogP contribution in [0.5, 0.6) is 11.5 Å². The van der Waals surface area contributed by atoms with Gasteiger partial charge in [0.05, 0.1) is 27.9 Å². The smallest absolute Gasteiger partial charge is 0.342 e. The van der Waals surface area contributed by atoms with Crippen LogP contribution in [0.4, 0.5) is 16.2 Å². The molecule has 0 saturated carbocycles. The molecule has 10 heteroatoms. The second-order valence-corrected chi connectivity index (χ2v) is 7.33. The van der Waals surface area contributed by atoms with Crippen LogP contribution in [0.1, 0.15) is 17.3 Å². The molecular weight excluding hydrogens is 465 g/mol. The highest BCUT2D eigenvalue weighted by Gasteiger charge is 2.17. The maximum Gasteiger partial charge on any atom is 0.342 e. The van der Waals surface area contributed by atoms with Crippen LogP contribution in [0, 0.1) is 0 Å². The topological polar surface area (TPSA) is 89.5 Å². The highest BCUT2D eigenvalue weighted by Crippen LogP contribution is 2.30. The van der Waals surface area contributed by atoms with Gasteiger partial charge in [-0.2, -0.15) is 0 Å². The number of nitrogens with zero attached hydrogens (tertiary/aromatic N) is 1. The molecule has 1 heterocycles. The number of carbonyl (C=O) groups is 2. The Morgan fingerprint density at radius 1 is 0.935 bits per heavy atom. The van der Waals surface area contributed by atoms with Gasteiger partial charge in [0.25, 0.3) is 0 Å². The van der Waals surface area contributed by atoms with Crippen LogP contribution in [0.25, 0.3) is 0 Å². The van der Waals surface area contributed by atoms with E-state index in [0.717, 1.165) is 0 Å². The fourth-order valence-corrected chi connectivity index (χ4v) is 2.97. The minimum atomic E-state index is -0.610. The number of nitrogens with one attached hydrogen (secondary N) is 2. The van der Waals surface area contributed by atoms with Gasteiger partial charge in [-0.25, -0.2) is 9.59 Å². The first-order valence-corrected chi connectivity index (χ1v) is 10.1. The minimum Gasteiger partial charge on any atom is -0.462 e. The van der Waals surface area contributed by atoms with Gasteiger partial charge in [-0.3, -0.25) is 4.98 Å². The highest BCUT2D eigenvalue weighted by molar-refractivity contribution is 6.42. The molecule has 2 N–H and O–H groups in total. The van der Waals surface area contributed by atoms with Crippen LogP contribution in [0.2, 0.25) is 15.1 Å². The van der Waals surface area contributed by atoms with Crippen LogP contribution < -0.4 is 15.4 Å². The number of urea groups is 1. The van der Waals surface area contributed by atoms with E-state index in [1.807, 2.05) is 0 Å². The number of carbonyl (C=O) groups excluding carboxylic acids is 2. The summed E-state index contributed by atoms with van der Waals surface area (Å²) in [7, 11) is 0. The molecule has 160 valence electrons. The summed E-state index contributed by atoms with van der Waals surface area (Å²) in [6.45, 7) is 1.86. The predicted octanol–water partition coefficient (Wildman–Crippen LogP) is 6.65. The Balaban J connectivity index is 1.80. The highest BCUT2D eigenvalue weighted by atomic mass is 35.5. The molecule has 0 aliphatic carbocycles. The molecule has 0 unspecified atom stereocenters. The first-order valence-electron chi connectivity index (χ1n) is 8.98. The summed E-state index contributed by atoms with van der Waals surface area (Å²) < 4.78 is 10.8. The molecule has 0 atom stereocenters. The monoisotopic (exact) mass is 479 g/mol. The molecule has 0 aliphatic heterocycles. The van der Waals surface area contributed by atoms with Crippen LogP contribution >= 0.6 is 34.8 Å². The summed E-state index contributed by atoms with van der Waals surface area (Å²) in [5, 5.41) is 6.33. The van der Waals surface area contributed by atoms with Crippen molar-refractivity contribution in [2.75, 3.05) is 17.2 Å². The van der Waals surface area contributed by atoms with Gasteiger partial charge in [0.15, 0.2) is 0 Å². The fraction of sp³-hybridized carbons (Fsp3) is 0.0952. The molecule has 7 nitrogen and oxygen atoms in total. The van der Waals surface area contributed by atoms with E-state index in [0.29, 0.717) is 32.2 Å². The van der Waals surface area contributed by atoms with Crippen LogP contribution in [0.15, 0.2) is 54.9 Å². The van der Waals surface area contributed by atoms with Crippen molar-refractivity contribution in [1.82, 2.24) is 4.98 Å². The number of anilines is 2. The number of amides is 2. The molecule has 0 aliphatic rings. The number of pyridine rings is 1. The first-order chi connectivity index (χ1) is 14.9. The Morgan fingerprint density at radius 3 is 2.32 bits per heavy atom. The summed E-state index contributed by atoms with van der Waals surface area (Å²) in [6.07, 6.45) is 2.91. The Bertz CT molecular complexity index is 1120. The predicted molar refractivity (Wildman–Crippen MR) is 121 cm³/mol. The van der Waals surface area contributed by atoms with E-state index < -0.39 is 12.0 Å². The third-order valence-electron chi connectivity index (χ3n) is 3.82. The summed E-state index contributed by atoms with van der Waals surface area (Å²) in [5.74, 6) is -0.0462. The quantitative estimate of drug-likeness (QED) is 0.385. The van der Waals surface area contributed by atoms with E-state index in [-0.39, 0.29) is 17.9 Å². The largest absolute Gasteiger partial charge is 0.462 e. The number of rotatable bonds is 6. The number of benzene rings is 2. The summed E-state index contributed by atoms with van der Waals surface area (Å²) in [6, 6.07) is 10.2. The van der Waals surface area contributed by atoms with Gasteiger partial charge in [-0.15, -0.1) is 0 Å². The molecular formula is C21H16Cl3N3O4. The molecule has 0 radical (unpaired) electrons. The van der Waals surface area contributed by atoms with E-state index in [1.165, 1.54) is 30.6 Å². The summed E-state index contributed by atoms with van der Waals surface area (Å²) in [5.41, 5.74) is 0.914. The third-order valence-corrected chi connectivity index (χ3v) is 4.76. The molecule has 3 aromatic rings. The van der Waals surface area contributed by atoms with E-state index in [4.69, 9.17) is 44.3 Å². The van der Waals surface area contributed by atoms with Gasteiger partial charge in [0, 0.05) is 23.6 Å². The lowest BCUT2D eigenvalue weighted by atomic mass is 10.1. The maximum atomic E-state index is 12.4. The Kier molecular flexibility index (Phi) is 7.57. The Hall–Kier alpha value is -3.00. The fourth-order valence-electron chi connectivity index (χ4n) is 2.51. The molecule has 0 spiro atoms. The maximum absolute atomic E-state index is 12.4. The molecule has 0 bridgehead atoms. The van der Waals surface area contributed by atoms with Crippen molar-refractivity contribution in [2.45, 2.75) is 6.92 Å². The molecule has 3 rings (SSSR count). The normalized spacial score (nSPS) is 10.3. The Morgan fingerprint density at radius 2 is 1.65 bits per heavy atom. The lowest BCUT2D eigenvalue weighted by molar-refractivity contribution is 0.0523. The van der Waals surface area contributed by atoms with Crippen molar-refractivity contribution in [3.05, 3.63) is 75.5 Å². The molecule has 2 amide bonds. The van der Waals surface area contributed by atoms with Crippen LogP contribution in [-0.4, -0.2) is 23.6 Å². The van der Waals surface area contributed by atoms with E-state index in [2.05, 4.69) is 15.6 Å². The van der Waals surface area contributed by atoms with Crippen LogP contribution in [-0.2, 0) is 4.74 Å². The molecule has 1 aromatic heterocycles. The number of hydrogen-bond donors (Lipinski definition) is 2. The van der Waals surface area contributed by atoms with Crippen molar-refractivity contribution in [3.63, 3.8) is 0 Å². The Labute approximate surface area is 193 Å². The van der Waals surface area contributed by atoms with Gasteiger partial charge in [0.2, 0.25) is 0 Å². The summed E-state index contributed by atoms with van der Waals surface area (Å²) >= 11 is 17.8. The van der Waals surface area contributed by atoms with Crippen molar-refractivity contribution < 1.29 is 19.1 Å². The zero-order valence-corrected chi connectivity index (χ0v) is 18.4. The molecule has 0 fully saturated rings. The van der Waals surface area contributed by atoms with E-state index >= 15 is 0 Å². The summed E-state index contributed by atoms with van der Waals surface area (Å²) in [4.78, 5) is 28.7. The number of esters is 1. The number of hydrogen-bond acceptors (Lipinski definition) is 5. The number of ether oxygens (including phenoxy) is 2. The van der Waals surface area contributed by atoms with Gasteiger partial charge < -0.3 is 20.1 Å². The number of aromatic nitrogens is 1. The number of halogens is 3. The zero-order chi connectivity index (χ0) is 22.4. The minimum absolute atomic E-state index is 0.120. The van der Waals surface area contributed by atoms with Crippen LogP contribution in [0.3, 0.4) is 0 Å². The standard InChI is InChI=1S/C21H16Cl3N3O4/c1-2-30-20(28)16-8-13(4-6-19(16)31-15-7-12(22)10-25-11-15)26-21(29)27-14-3-5-17(23)18(24)9-14/h3-11H,2H2,1H3,(H2,26,27,29). The molecule has 0 saturated heterocycles. The third kappa shape index (κ3) is 6.24. The van der Waals surface area contributed by atoms with Crippen molar-refractivity contribution in [1.29, 1.82) is 0 Å². The lowest BCUT2D eigenvalue weighted by Gasteiger charge is -2.13. The van der Waals surface area contributed by atoms with Gasteiger partial charge >= 0.3 is 12.0 Å². The van der Waals surface area contributed by atoms with Crippen molar-refractivity contribution in [3.8, 4) is 11.5 Å².